The molecule has 4 aromatic rings. The lowest BCUT2D eigenvalue weighted by Gasteiger charge is -2.43. The van der Waals surface area contributed by atoms with Gasteiger partial charge >= 0.3 is 0 Å². The van der Waals surface area contributed by atoms with Crippen LogP contribution in [0.1, 0.15) is 27.0 Å². The quantitative estimate of drug-likeness (QED) is 0.0746. The third-order valence-corrected chi connectivity index (χ3v) is 10.3. The molecule has 0 unspecified atom stereocenters. The topological polar surface area (TPSA) is 240 Å². The molecule has 1 aliphatic rings. The molecular weight excluding hydrogens is 818 g/mol. The summed E-state index contributed by atoms with van der Waals surface area (Å²) in [6.45, 7) is -2.41. The average Bonchev–Trinajstić information content (AvgIpc) is 3.28. The van der Waals surface area contributed by atoms with E-state index in [1.807, 2.05) is 91.0 Å². The number of alkyl halides is 1. The Balaban J connectivity index is 1.21. The van der Waals surface area contributed by atoms with E-state index in [0.717, 1.165) is 41.0 Å². The minimum absolute atomic E-state index is 0.0292. The molecule has 0 aliphatic carbocycles. The van der Waals surface area contributed by atoms with E-state index < -0.39 is 96.7 Å². The van der Waals surface area contributed by atoms with Gasteiger partial charge in [-0.25, -0.2) is 4.39 Å². The van der Waals surface area contributed by atoms with Crippen molar-refractivity contribution in [2.45, 2.75) is 55.5 Å². The third-order valence-electron chi connectivity index (χ3n) is 9.00. The van der Waals surface area contributed by atoms with Crippen molar-refractivity contribution in [1.82, 2.24) is 21.3 Å². The molecule has 4 aromatic carbocycles. The SMILES string of the molecule is NCC(=O)NCC(=O)NCC(=O)NCC(=O)NC(=O)c1ccc(S(=O)(=O)OC[C@H]2O[C@@H](F)[C@H](OCc3ccccc3)[C@@H](OCc3ccccc3)[C@@H]2OCc2ccccc2)cc1. The Bertz CT molecular complexity index is 2170. The van der Waals surface area contributed by atoms with Crippen LogP contribution in [0, 0.1) is 0 Å². The van der Waals surface area contributed by atoms with Gasteiger partial charge in [-0.2, -0.15) is 8.42 Å². The number of hydrogen-bond donors (Lipinski definition) is 5. The molecule has 1 fully saturated rings. The highest BCUT2D eigenvalue weighted by Gasteiger charge is 2.49. The summed E-state index contributed by atoms with van der Waals surface area (Å²) in [4.78, 5) is 59.5. The standard InChI is InChI=1S/C42H46FN5O12S/c43-41-40(58-26-30-14-8-3-9-15-30)39(57-25-29-12-6-2-7-13-29)38(56-24-28-10-4-1-5-11-28)33(60-41)27-59-61(54,55)32-18-16-31(17-19-32)42(53)48-37(52)23-47-36(51)22-46-35(50)21-45-34(49)20-44/h1-19,33,38-41H,20-27,44H2,(H,45,49)(H,46,50)(H,47,51)(H,48,52,53)/t33-,38-,39+,40-,41-/m1/s1. The number of benzene rings is 4. The zero-order valence-corrected chi connectivity index (χ0v) is 33.6. The van der Waals surface area contributed by atoms with E-state index in [1.165, 1.54) is 0 Å². The number of ether oxygens (including phenoxy) is 4. The van der Waals surface area contributed by atoms with Crippen LogP contribution >= 0.6 is 0 Å². The Kier molecular flexibility index (Phi) is 17.5. The summed E-state index contributed by atoms with van der Waals surface area (Å²) in [6, 6.07) is 31.9. The van der Waals surface area contributed by atoms with E-state index in [1.54, 1.807) is 0 Å². The summed E-state index contributed by atoms with van der Waals surface area (Å²) in [5, 5.41) is 8.73. The Morgan fingerprint density at radius 2 is 1.03 bits per heavy atom. The molecule has 0 saturated carbocycles. The average molecular weight is 864 g/mol. The maximum absolute atomic E-state index is 16.1. The van der Waals surface area contributed by atoms with Crippen LogP contribution in [0.15, 0.2) is 120 Å². The van der Waals surface area contributed by atoms with Gasteiger partial charge in [-0.3, -0.25) is 33.5 Å². The van der Waals surface area contributed by atoms with Crippen molar-refractivity contribution in [3.63, 3.8) is 0 Å². The minimum atomic E-state index is -4.54. The van der Waals surface area contributed by atoms with Crippen molar-refractivity contribution in [2.24, 2.45) is 5.73 Å². The summed E-state index contributed by atoms with van der Waals surface area (Å²) in [6.07, 6.45) is -6.84. The van der Waals surface area contributed by atoms with Gasteiger partial charge in [0, 0.05) is 5.56 Å². The maximum atomic E-state index is 16.1. The molecule has 6 N–H and O–H groups in total. The zero-order chi connectivity index (χ0) is 43.6. The van der Waals surface area contributed by atoms with Crippen molar-refractivity contribution >= 4 is 39.7 Å². The van der Waals surface area contributed by atoms with Gasteiger partial charge in [-0.05, 0) is 41.0 Å². The number of nitrogens with one attached hydrogen (secondary N) is 4. The first-order valence-corrected chi connectivity index (χ1v) is 20.4. The summed E-state index contributed by atoms with van der Waals surface area (Å²) in [5.41, 5.74) is 7.39. The molecule has 0 radical (unpaired) electrons. The van der Waals surface area contributed by atoms with Crippen molar-refractivity contribution in [2.75, 3.05) is 32.8 Å². The van der Waals surface area contributed by atoms with E-state index in [-0.39, 0.29) is 36.8 Å². The van der Waals surface area contributed by atoms with E-state index in [9.17, 15) is 32.4 Å². The molecule has 5 atom stereocenters. The summed E-state index contributed by atoms with van der Waals surface area (Å²) in [7, 11) is -4.54. The van der Waals surface area contributed by atoms with Gasteiger partial charge in [0.25, 0.3) is 16.0 Å². The molecule has 0 aromatic heterocycles. The molecule has 1 saturated heterocycles. The van der Waals surface area contributed by atoms with E-state index in [2.05, 4.69) is 21.3 Å². The van der Waals surface area contributed by atoms with Gasteiger partial charge < -0.3 is 40.6 Å². The Morgan fingerprint density at radius 3 is 1.52 bits per heavy atom. The summed E-state index contributed by atoms with van der Waals surface area (Å²) < 4.78 is 72.8. The fraction of sp³-hybridized carbons (Fsp3) is 0.310. The second-order valence-electron chi connectivity index (χ2n) is 13.5. The van der Waals surface area contributed by atoms with Crippen LogP contribution in [0.25, 0.3) is 0 Å². The van der Waals surface area contributed by atoms with Crippen molar-refractivity contribution in [1.29, 1.82) is 0 Å². The van der Waals surface area contributed by atoms with E-state index >= 15 is 4.39 Å². The number of carbonyl (C=O) groups is 5. The maximum Gasteiger partial charge on any atom is 0.297 e. The van der Waals surface area contributed by atoms with Crippen molar-refractivity contribution < 1.29 is 59.9 Å². The van der Waals surface area contributed by atoms with E-state index in [4.69, 9.17) is 28.9 Å². The van der Waals surface area contributed by atoms with Gasteiger partial charge in [-0.15, -0.1) is 0 Å². The number of carbonyl (C=O) groups excluding carboxylic acids is 5. The molecule has 19 heteroatoms. The van der Waals surface area contributed by atoms with Crippen molar-refractivity contribution in [3.8, 4) is 0 Å². The normalized spacial score (nSPS) is 18.7. The second kappa shape index (κ2) is 23.2. The Labute approximate surface area is 351 Å². The summed E-state index contributed by atoms with van der Waals surface area (Å²) >= 11 is 0. The van der Waals surface area contributed by atoms with Crippen LogP contribution in [0.5, 0.6) is 0 Å². The molecule has 5 rings (SSSR count). The highest BCUT2D eigenvalue weighted by molar-refractivity contribution is 7.86. The van der Waals surface area contributed by atoms with Gasteiger partial charge in [0.1, 0.15) is 24.4 Å². The van der Waals surface area contributed by atoms with Gasteiger partial charge in [0.2, 0.25) is 30.0 Å². The first kappa shape index (κ1) is 46.1. The molecule has 1 aliphatic heterocycles. The number of halogens is 1. The predicted molar refractivity (Wildman–Crippen MR) is 215 cm³/mol. The number of rotatable bonds is 21. The highest BCUT2D eigenvalue weighted by Crippen LogP contribution is 2.32. The molecule has 17 nitrogen and oxygen atoms in total. The smallest absolute Gasteiger partial charge is 0.297 e. The molecule has 324 valence electrons. The Hall–Kier alpha value is -5.93. The molecule has 61 heavy (non-hydrogen) atoms. The van der Waals surface area contributed by atoms with Crippen LogP contribution in [0.4, 0.5) is 4.39 Å². The van der Waals surface area contributed by atoms with E-state index in [0.29, 0.717) is 0 Å². The van der Waals surface area contributed by atoms with Gasteiger partial charge in [-0.1, -0.05) is 91.0 Å². The van der Waals surface area contributed by atoms with Crippen molar-refractivity contribution in [3.05, 3.63) is 138 Å². The number of amides is 5. The second-order valence-corrected chi connectivity index (χ2v) is 15.1. The summed E-state index contributed by atoms with van der Waals surface area (Å²) in [5.74, 6) is -3.79. The lowest BCUT2D eigenvalue weighted by Crippen LogP contribution is -2.60. The molecule has 0 spiro atoms. The Morgan fingerprint density at radius 1 is 0.590 bits per heavy atom. The zero-order valence-electron chi connectivity index (χ0n) is 32.8. The lowest BCUT2D eigenvalue weighted by molar-refractivity contribution is -0.295. The van der Waals surface area contributed by atoms with Gasteiger partial charge in [0.05, 0.1) is 57.5 Å². The van der Waals surface area contributed by atoms with Gasteiger partial charge in [0.15, 0.2) is 0 Å². The predicted octanol–water partition coefficient (Wildman–Crippen LogP) is 1.41. The number of imide groups is 1. The first-order chi connectivity index (χ1) is 29.4. The largest absolute Gasteiger partial charge is 0.368 e. The third kappa shape index (κ3) is 14.6. The van der Waals surface area contributed by atoms with Crippen LogP contribution in [-0.2, 0) is 72.2 Å². The molecular formula is C42H46FN5O12S. The monoisotopic (exact) mass is 863 g/mol. The minimum Gasteiger partial charge on any atom is -0.368 e. The fourth-order valence-corrected chi connectivity index (χ4v) is 6.76. The van der Waals surface area contributed by atoms with Crippen LogP contribution in [-0.4, -0.2) is 102 Å². The molecule has 5 amide bonds. The number of hydrogen-bond acceptors (Lipinski definition) is 13. The lowest BCUT2D eigenvalue weighted by atomic mass is 9.98. The first-order valence-electron chi connectivity index (χ1n) is 19.0. The number of nitrogens with two attached hydrogens (primary N) is 1. The molecule has 0 bridgehead atoms. The van der Waals surface area contributed by atoms with Crippen LogP contribution in [0.3, 0.4) is 0 Å². The van der Waals surface area contributed by atoms with Crippen LogP contribution < -0.4 is 27.0 Å². The molecule has 1 heterocycles. The highest BCUT2D eigenvalue weighted by atomic mass is 32.2. The van der Waals surface area contributed by atoms with Crippen LogP contribution in [0.2, 0.25) is 0 Å². The fourth-order valence-electron chi connectivity index (χ4n) is 5.84.